The molecule has 0 unspecified atom stereocenters. The Balaban J connectivity index is 1.48. The number of hydrogen-bond acceptors (Lipinski definition) is 6. The van der Waals surface area contributed by atoms with Gasteiger partial charge in [0.1, 0.15) is 5.76 Å². The second-order valence-corrected chi connectivity index (χ2v) is 7.77. The van der Waals surface area contributed by atoms with Gasteiger partial charge < -0.3 is 9.09 Å². The van der Waals surface area contributed by atoms with Crippen molar-refractivity contribution in [2.75, 3.05) is 5.32 Å². The summed E-state index contributed by atoms with van der Waals surface area (Å²) in [5, 5.41) is 7.25. The van der Waals surface area contributed by atoms with Gasteiger partial charge in [-0.25, -0.2) is 9.97 Å². The number of imidazole rings is 1. The van der Waals surface area contributed by atoms with Crippen LogP contribution in [0.4, 0.5) is 5.13 Å². The number of aryl methyl sites for hydroxylation is 1. The highest BCUT2D eigenvalue weighted by molar-refractivity contribution is 7.19. The van der Waals surface area contributed by atoms with Crippen LogP contribution < -0.4 is 5.32 Å². The van der Waals surface area contributed by atoms with E-state index in [2.05, 4.69) is 20.4 Å². The lowest BCUT2D eigenvalue weighted by Crippen LogP contribution is -2.11. The number of amides is 1. The molecule has 1 amide bonds. The molecular formula is C20H17N5O2S. The number of benzene rings is 1. The Labute approximate surface area is 165 Å². The number of nitrogens with one attached hydrogen (secondary N) is 1. The zero-order chi connectivity index (χ0) is 19.1. The van der Waals surface area contributed by atoms with Crippen LogP contribution in [-0.2, 0) is 7.05 Å². The standard InChI is InChI=1S/C20H17N5O2S/c1-25-10-9-21-18(25)17-16(13-5-3-2-4-6-13)22-20(28-17)23-19(26)14-11-15(27-24-14)12-7-8-12/h2-6,9-12H,7-8H2,1H3,(H,22,23,26). The van der Waals surface area contributed by atoms with Gasteiger partial charge in [0.05, 0.1) is 10.6 Å². The molecule has 3 heterocycles. The molecule has 0 atom stereocenters. The second kappa shape index (κ2) is 6.72. The van der Waals surface area contributed by atoms with Gasteiger partial charge in [0.25, 0.3) is 5.91 Å². The number of rotatable bonds is 5. The molecule has 1 fully saturated rings. The van der Waals surface area contributed by atoms with E-state index in [-0.39, 0.29) is 11.6 Å². The van der Waals surface area contributed by atoms with Crippen LogP contribution in [0.15, 0.2) is 53.3 Å². The van der Waals surface area contributed by atoms with E-state index in [0.29, 0.717) is 11.0 Å². The normalized spacial score (nSPS) is 13.6. The summed E-state index contributed by atoms with van der Waals surface area (Å²) in [7, 11) is 1.93. The Morgan fingerprint density at radius 3 is 2.82 bits per heavy atom. The third-order valence-electron chi connectivity index (χ3n) is 4.66. The van der Waals surface area contributed by atoms with Gasteiger partial charge >= 0.3 is 0 Å². The number of hydrogen-bond donors (Lipinski definition) is 1. The predicted octanol–water partition coefficient (Wildman–Crippen LogP) is 4.33. The molecule has 0 spiro atoms. The first-order valence-electron chi connectivity index (χ1n) is 9.01. The van der Waals surface area contributed by atoms with Crippen LogP contribution in [0.1, 0.15) is 35.0 Å². The molecule has 8 heteroatoms. The fourth-order valence-electron chi connectivity index (χ4n) is 3.02. The molecular weight excluding hydrogens is 374 g/mol. The molecule has 1 N–H and O–H groups in total. The van der Waals surface area contributed by atoms with Crippen molar-refractivity contribution in [3.05, 3.63) is 60.2 Å². The van der Waals surface area contributed by atoms with Crippen molar-refractivity contribution in [1.82, 2.24) is 19.7 Å². The first-order valence-corrected chi connectivity index (χ1v) is 9.82. The molecule has 0 bridgehead atoms. The van der Waals surface area contributed by atoms with Gasteiger partial charge in [0.15, 0.2) is 16.6 Å². The van der Waals surface area contributed by atoms with Gasteiger partial charge in [-0.05, 0) is 12.8 Å². The summed E-state index contributed by atoms with van der Waals surface area (Å²) < 4.78 is 7.21. The maximum Gasteiger partial charge on any atom is 0.279 e. The lowest BCUT2D eigenvalue weighted by atomic mass is 10.1. The molecule has 140 valence electrons. The highest BCUT2D eigenvalue weighted by Gasteiger charge is 2.29. The highest BCUT2D eigenvalue weighted by atomic mass is 32.1. The first-order chi connectivity index (χ1) is 13.7. The number of carbonyl (C=O) groups excluding carboxylic acids is 1. The van der Waals surface area contributed by atoms with Crippen molar-refractivity contribution in [1.29, 1.82) is 0 Å². The van der Waals surface area contributed by atoms with Crippen molar-refractivity contribution >= 4 is 22.4 Å². The molecule has 1 aliphatic rings. The van der Waals surface area contributed by atoms with Crippen LogP contribution in [0, 0.1) is 0 Å². The number of thiazole rings is 1. The van der Waals surface area contributed by atoms with Gasteiger partial charge in [-0.1, -0.05) is 46.8 Å². The third kappa shape index (κ3) is 3.11. The predicted molar refractivity (Wildman–Crippen MR) is 106 cm³/mol. The second-order valence-electron chi connectivity index (χ2n) is 6.77. The quantitative estimate of drug-likeness (QED) is 0.547. The third-order valence-corrected chi connectivity index (χ3v) is 5.63. The minimum Gasteiger partial charge on any atom is -0.360 e. The minimum atomic E-state index is -0.324. The van der Waals surface area contributed by atoms with Gasteiger partial charge in [-0.15, -0.1) is 0 Å². The molecule has 1 aliphatic carbocycles. The Morgan fingerprint density at radius 1 is 1.29 bits per heavy atom. The SMILES string of the molecule is Cn1ccnc1-c1sc(NC(=O)c2cc(C3CC3)on2)nc1-c1ccccc1. The lowest BCUT2D eigenvalue weighted by molar-refractivity contribution is 0.101. The molecule has 0 saturated heterocycles. The van der Waals surface area contributed by atoms with Crippen LogP contribution in [0.2, 0.25) is 0 Å². The van der Waals surface area contributed by atoms with Crippen molar-refractivity contribution < 1.29 is 9.32 Å². The van der Waals surface area contributed by atoms with Crippen LogP contribution in [0.5, 0.6) is 0 Å². The Morgan fingerprint density at radius 2 is 2.11 bits per heavy atom. The molecule has 28 heavy (non-hydrogen) atoms. The minimum absolute atomic E-state index is 0.275. The van der Waals surface area contributed by atoms with Crippen LogP contribution in [0.25, 0.3) is 22.0 Å². The van der Waals surface area contributed by atoms with Crippen molar-refractivity contribution in [3.63, 3.8) is 0 Å². The molecule has 1 aromatic carbocycles. The summed E-state index contributed by atoms with van der Waals surface area (Å²) in [4.78, 5) is 22.6. The van der Waals surface area contributed by atoms with E-state index in [1.54, 1.807) is 12.3 Å². The molecule has 3 aromatic heterocycles. The number of nitrogens with zero attached hydrogens (tertiary/aromatic N) is 4. The summed E-state index contributed by atoms with van der Waals surface area (Å²) >= 11 is 1.39. The van der Waals surface area contributed by atoms with Crippen LogP contribution in [-0.4, -0.2) is 25.6 Å². The Kier molecular flexibility index (Phi) is 4.05. The van der Waals surface area contributed by atoms with Crippen molar-refractivity contribution in [2.24, 2.45) is 7.05 Å². The van der Waals surface area contributed by atoms with Gasteiger partial charge in [-0.3, -0.25) is 10.1 Å². The maximum atomic E-state index is 12.6. The molecule has 1 saturated carbocycles. The summed E-state index contributed by atoms with van der Waals surface area (Å²) in [5.74, 6) is 1.67. The summed E-state index contributed by atoms with van der Waals surface area (Å²) in [6.07, 6.45) is 5.82. The molecule has 0 aliphatic heterocycles. The van der Waals surface area contributed by atoms with Gasteiger partial charge in [-0.2, -0.15) is 0 Å². The Hall–Kier alpha value is -3.26. The molecule has 7 nitrogen and oxygen atoms in total. The van der Waals surface area contributed by atoms with E-state index >= 15 is 0 Å². The van der Waals surface area contributed by atoms with Gasteiger partial charge in [0, 0.05) is 37.0 Å². The number of anilines is 1. The summed E-state index contributed by atoms with van der Waals surface area (Å²) in [5.41, 5.74) is 2.03. The first kappa shape index (κ1) is 16.9. The van der Waals surface area contributed by atoms with Crippen molar-refractivity contribution in [3.8, 4) is 22.0 Å². The van der Waals surface area contributed by atoms with E-state index in [4.69, 9.17) is 4.52 Å². The monoisotopic (exact) mass is 391 g/mol. The maximum absolute atomic E-state index is 12.6. The molecule has 0 radical (unpaired) electrons. The van der Waals surface area contributed by atoms with Crippen LogP contribution >= 0.6 is 11.3 Å². The zero-order valence-electron chi connectivity index (χ0n) is 15.1. The molecule has 4 aromatic rings. The summed E-state index contributed by atoms with van der Waals surface area (Å²) in [6, 6.07) is 11.6. The van der Waals surface area contributed by atoms with Crippen molar-refractivity contribution in [2.45, 2.75) is 18.8 Å². The fourth-order valence-corrected chi connectivity index (χ4v) is 4.04. The fraction of sp³-hybridized carbons (Fsp3) is 0.200. The Bertz CT molecular complexity index is 1140. The number of carbonyl (C=O) groups is 1. The number of aromatic nitrogens is 4. The molecule has 5 rings (SSSR count). The van der Waals surface area contributed by atoms with E-state index in [1.807, 2.05) is 48.1 Å². The van der Waals surface area contributed by atoms with Gasteiger partial charge in [0.2, 0.25) is 0 Å². The van der Waals surface area contributed by atoms with E-state index in [0.717, 1.165) is 40.6 Å². The average molecular weight is 391 g/mol. The van der Waals surface area contributed by atoms with E-state index < -0.39 is 0 Å². The average Bonchev–Trinajstić information content (AvgIpc) is 3.10. The van der Waals surface area contributed by atoms with E-state index in [9.17, 15) is 4.79 Å². The highest BCUT2D eigenvalue weighted by Crippen LogP contribution is 2.40. The topological polar surface area (TPSA) is 85.8 Å². The van der Waals surface area contributed by atoms with E-state index in [1.165, 1.54) is 11.3 Å². The lowest BCUT2D eigenvalue weighted by Gasteiger charge is -2.02. The largest absolute Gasteiger partial charge is 0.360 e. The smallest absolute Gasteiger partial charge is 0.279 e. The zero-order valence-corrected chi connectivity index (χ0v) is 15.9. The summed E-state index contributed by atoms with van der Waals surface area (Å²) in [6.45, 7) is 0. The van der Waals surface area contributed by atoms with Crippen LogP contribution in [0.3, 0.4) is 0 Å².